The van der Waals surface area contributed by atoms with Crippen molar-refractivity contribution in [2.24, 2.45) is 5.92 Å². The second-order valence-electron chi connectivity index (χ2n) is 7.40. The first-order chi connectivity index (χ1) is 13.0. The molecule has 0 radical (unpaired) electrons. The van der Waals surface area contributed by atoms with Gasteiger partial charge < -0.3 is 5.32 Å². The van der Waals surface area contributed by atoms with Crippen LogP contribution >= 0.6 is 0 Å². The molecule has 0 spiro atoms. The van der Waals surface area contributed by atoms with E-state index < -0.39 is 0 Å². The Bertz CT molecular complexity index is 871. The summed E-state index contributed by atoms with van der Waals surface area (Å²) >= 11 is 0. The lowest BCUT2D eigenvalue weighted by Crippen LogP contribution is -2.06. The molecule has 1 N–H and O–H groups in total. The molecule has 0 aliphatic carbocycles. The van der Waals surface area contributed by atoms with Crippen LogP contribution in [0.5, 0.6) is 0 Å². The summed E-state index contributed by atoms with van der Waals surface area (Å²) < 4.78 is 0. The van der Waals surface area contributed by atoms with Gasteiger partial charge in [0.15, 0.2) is 0 Å². The fourth-order valence-corrected chi connectivity index (χ4v) is 3.06. The molecule has 0 heterocycles. The van der Waals surface area contributed by atoms with Crippen LogP contribution in [0.1, 0.15) is 44.4 Å². The summed E-state index contributed by atoms with van der Waals surface area (Å²) in [6, 6.07) is 26.2. The van der Waals surface area contributed by atoms with E-state index in [1.807, 2.05) is 0 Å². The number of benzene rings is 3. The zero-order valence-corrected chi connectivity index (χ0v) is 16.6. The largest absolute Gasteiger partial charge is 0.359 e. The Balaban J connectivity index is 0.00000280. The first-order valence-electron chi connectivity index (χ1n) is 9.76. The van der Waals surface area contributed by atoms with E-state index >= 15 is 0 Å². The Morgan fingerprint density at radius 3 is 1.79 bits per heavy atom. The number of rotatable bonds is 7. The maximum atomic E-state index is 4.14. The Kier molecular flexibility index (Phi) is 7.63. The van der Waals surface area contributed by atoms with Crippen molar-refractivity contribution in [2.75, 3.05) is 5.32 Å². The number of hydrogen-bond acceptors (Lipinski definition) is 1. The Labute approximate surface area is 171 Å². The lowest BCUT2D eigenvalue weighted by molar-refractivity contribution is 0.662. The highest BCUT2D eigenvalue weighted by Crippen LogP contribution is 2.22. The van der Waals surface area contributed by atoms with Gasteiger partial charge in [-0.25, -0.2) is 0 Å². The molecule has 0 saturated heterocycles. The Morgan fingerprint density at radius 2 is 1.29 bits per heavy atom. The van der Waals surface area contributed by atoms with Crippen molar-refractivity contribution in [3.63, 3.8) is 0 Å². The smallest absolute Gasteiger partial charge is 0.0381 e. The van der Waals surface area contributed by atoms with E-state index in [-0.39, 0.29) is 7.43 Å². The van der Waals surface area contributed by atoms with E-state index in [4.69, 9.17) is 0 Å². The van der Waals surface area contributed by atoms with Crippen LogP contribution in [0.4, 0.5) is 5.69 Å². The van der Waals surface area contributed by atoms with Gasteiger partial charge in [-0.05, 0) is 60.1 Å². The third kappa shape index (κ3) is 5.60. The molecule has 0 amide bonds. The molecular weight excluding hydrogens is 338 g/mol. The summed E-state index contributed by atoms with van der Waals surface area (Å²) in [5, 5.41) is 3.42. The van der Waals surface area contributed by atoms with Crippen molar-refractivity contribution in [1.29, 1.82) is 0 Å². The van der Waals surface area contributed by atoms with Crippen molar-refractivity contribution < 1.29 is 0 Å². The average Bonchev–Trinajstić information content (AvgIpc) is 2.70. The third-order valence-corrected chi connectivity index (χ3v) is 5.21. The van der Waals surface area contributed by atoms with Gasteiger partial charge >= 0.3 is 0 Å². The number of anilines is 1. The molecule has 146 valence electrons. The molecule has 1 atom stereocenters. The number of aryl methyl sites for hydroxylation is 1. The van der Waals surface area contributed by atoms with E-state index in [9.17, 15) is 0 Å². The van der Waals surface area contributed by atoms with Gasteiger partial charge in [0.2, 0.25) is 0 Å². The van der Waals surface area contributed by atoms with Crippen molar-refractivity contribution in [1.82, 2.24) is 0 Å². The minimum absolute atomic E-state index is 0. The summed E-state index contributed by atoms with van der Waals surface area (Å²) in [6.45, 7) is 10.6. The molecule has 0 aromatic heterocycles. The van der Waals surface area contributed by atoms with Crippen LogP contribution < -0.4 is 5.32 Å². The summed E-state index contributed by atoms with van der Waals surface area (Å²) in [5.41, 5.74) is 8.66. The monoisotopic (exact) mass is 371 g/mol. The van der Waals surface area contributed by atoms with E-state index in [1.54, 1.807) is 0 Å². The highest BCUT2D eigenvalue weighted by Gasteiger charge is 2.05. The van der Waals surface area contributed by atoms with Crippen LogP contribution in [-0.4, -0.2) is 0 Å². The van der Waals surface area contributed by atoms with Crippen molar-refractivity contribution in [3.8, 4) is 11.1 Å². The molecule has 0 saturated carbocycles. The summed E-state index contributed by atoms with van der Waals surface area (Å²) in [6.07, 6.45) is 2.04. The maximum Gasteiger partial charge on any atom is 0.0381 e. The molecular formula is C27H33N. The molecule has 0 aliphatic heterocycles. The number of hydrogen-bond donors (Lipinski definition) is 1. The zero-order chi connectivity index (χ0) is 19.2. The minimum atomic E-state index is 0. The zero-order valence-electron chi connectivity index (χ0n) is 16.6. The molecule has 3 aromatic carbocycles. The number of allylic oxidation sites excluding steroid dienone is 1. The van der Waals surface area contributed by atoms with E-state index in [0.29, 0.717) is 5.92 Å². The van der Waals surface area contributed by atoms with Crippen LogP contribution in [0.25, 0.3) is 11.1 Å². The molecule has 1 unspecified atom stereocenters. The lowest BCUT2D eigenvalue weighted by Gasteiger charge is -2.15. The predicted molar refractivity (Wildman–Crippen MR) is 125 cm³/mol. The van der Waals surface area contributed by atoms with E-state index in [2.05, 4.69) is 105 Å². The highest BCUT2D eigenvalue weighted by molar-refractivity contribution is 5.64. The Morgan fingerprint density at radius 1 is 0.821 bits per heavy atom. The van der Waals surface area contributed by atoms with Gasteiger partial charge in [-0.1, -0.05) is 94.1 Å². The topological polar surface area (TPSA) is 12.0 Å². The normalized spacial score (nSPS) is 11.4. The third-order valence-electron chi connectivity index (χ3n) is 5.21. The second-order valence-corrected chi connectivity index (χ2v) is 7.40. The molecule has 1 nitrogen and oxygen atoms in total. The first kappa shape index (κ1) is 21.5. The fraction of sp³-hybridized carbons (Fsp3) is 0.259. The van der Waals surface area contributed by atoms with Gasteiger partial charge in [-0.3, -0.25) is 0 Å². The second kappa shape index (κ2) is 9.94. The van der Waals surface area contributed by atoms with Gasteiger partial charge in [0.1, 0.15) is 0 Å². The standard InChI is InChI=1S/C26H29N.CH4/c1-5-20(3)21(4)27-26-16-10-23(11-17-26)18-22-8-14-25(15-9-22)24-12-6-19(2)7-13-24;/h6-17,20,27H,4-5,18H2,1-3H3;1H4. The molecule has 3 rings (SSSR count). The predicted octanol–water partition coefficient (Wildman–Crippen LogP) is 7.86. The van der Waals surface area contributed by atoms with E-state index in [0.717, 1.165) is 24.2 Å². The van der Waals surface area contributed by atoms with Gasteiger partial charge in [-0.15, -0.1) is 0 Å². The van der Waals surface area contributed by atoms with Crippen molar-refractivity contribution >= 4 is 5.69 Å². The quantitative estimate of drug-likeness (QED) is 0.445. The van der Waals surface area contributed by atoms with Gasteiger partial charge in [0, 0.05) is 11.4 Å². The molecule has 0 aliphatic rings. The first-order valence-corrected chi connectivity index (χ1v) is 9.76. The average molecular weight is 372 g/mol. The number of nitrogens with one attached hydrogen (secondary N) is 1. The summed E-state index contributed by atoms with van der Waals surface area (Å²) in [7, 11) is 0. The van der Waals surface area contributed by atoms with Crippen LogP contribution in [0.3, 0.4) is 0 Å². The van der Waals surface area contributed by atoms with Gasteiger partial charge in [-0.2, -0.15) is 0 Å². The summed E-state index contributed by atoms with van der Waals surface area (Å²) in [5.74, 6) is 0.483. The van der Waals surface area contributed by atoms with Crippen LogP contribution in [0, 0.1) is 12.8 Å². The SMILES string of the molecule is C.C=C(Nc1ccc(Cc2ccc(-c3ccc(C)cc3)cc2)cc1)C(C)CC. The van der Waals surface area contributed by atoms with Gasteiger partial charge in [0.05, 0.1) is 0 Å². The Hall–Kier alpha value is -2.80. The van der Waals surface area contributed by atoms with Crippen molar-refractivity contribution in [3.05, 3.63) is 102 Å². The van der Waals surface area contributed by atoms with Gasteiger partial charge in [0.25, 0.3) is 0 Å². The maximum absolute atomic E-state index is 4.14. The molecule has 0 fully saturated rings. The molecule has 0 bridgehead atoms. The van der Waals surface area contributed by atoms with Crippen LogP contribution in [0.15, 0.2) is 85.1 Å². The molecule has 3 aromatic rings. The van der Waals surface area contributed by atoms with Crippen LogP contribution in [0.2, 0.25) is 0 Å². The highest BCUT2D eigenvalue weighted by atomic mass is 14.9. The molecule has 1 heteroatoms. The fourth-order valence-electron chi connectivity index (χ4n) is 3.06. The van der Waals surface area contributed by atoms with Crippen LogP contribution in [-0.2, 0) is 6.42 Å². The molecule has 28 heavy (non-hydrogen) atoms. The van der Waals surface area contributed by atoms with E-state index in [1.165, 1.54) is 27.8 Å². The minimum Gasteiger partial charge on any atom is -0.359 e. The van der Waals surface area contributed by atoms with Crippen molar-refractivity contribution in [2.45, 2.75) is 41.0 Å². The summed E-state index contributed by atoms with van der Waals surface area (Å²) in [4.78, 5) is 0. The lowest BCUT2D eigenvalue weighted by atomic mass is 9.99.